The third-order valence-corrected chi connectivity index (χ3v) is 1.86. The Labute approximate surface area is 89.8 Å². The van der Waals surface area contributed by atoms with E-state index < -0.39 is 5.82 Å². The van der Waals surface area contributed by atoms with E-state index in [0.717, 1.165) is 12.5 Å². The lowest BCUT2D eigenvalue weighted by Gasteiger charge is -2.04. The summed E-state index contributed by atoms with van der Waals surface area (Å²) in [4.78, 5) is 14.1. The maximum Gasteiger partial charge on any atom is 0.213 e. The van der Waals surface area contributed by atoms with Crippen molar-refractivity contribution in [2.75, 3.05) is 0 Å². The summed E-state index contributed by atoms with van der Waals surface area (Å²) in [6.45, 7) is 0.00779. The zero-order valence-corrected chi connectivity index (χ0v) is 8.09. The van der Waals surface area contributed by atoms with Gasteiger partial charge in [-0.05, 0) is 18.2 Å². The van der Waals surface area contributed by atoms with E-state index in [1.54, 1.807) is 0 Å². The van der Waals surface area contributed by atoms with Crippen LogP contribution in [0.25, 0.3) is 0 Å². The van der Waals surface area contributed by atoms with E-state index in [0.29, 0.717) is 12.1 Å². The summed E-state index contributed by atoms with van der Waals surface area (Å²) >= 11 is 0. The fraction of sp³-hybridized carbons (Fsp3) is 0.100. The second-order valence-corrected chi connectivity index (χ2v) is 2.94. The molecule has 0 aliphatic rings. The van der Waals surface area contributed by atoms with Crippen LogP contribution in [0.4, 0.5) is 4.39 Å². The van der Waals surface area contributed by atoms with Gasteiger partial charge in [-0.3, -0.25) is 4.79 Å². The van der Waals surface area contributed by atoms with Crippen LogP contribution in [0.15, 0.2) is 29.1 Å². The van der Waals surface area contributed by atoms with Gasteiger partial charge >= 0.3 is 0 Å². The molecule has 0 saturated carbocycles. The molecule has 5 nitrogen and oxygen atoms in total. The first kappa shape index (κ1) is 10.3. The number of nitrogens with zero attached hydrogens (tertiary/aromatic N) is 2. The molecule has 0 spiro atoms. The molecule has 0 N–H and O–H groups in total. The fourth-order valence-corrected chi connectivity index (χ4v) is 1.11. The predicted octanol–water partition coefficient (Wildman–Crippen LogP) is 1.60. The molecule has 1 aromatic heterocycles. The first-order chi connectivity index (χ1) is 7.79. The molecule has 0 fully saturated rings. The number of hydrogen-bond acceptors (Lipinski definition) is 5. The van der Waals surface area contributed by atoms with Crippen molar-refractivity contribution in [3.05, 3.63) is 41.8 Å². The molecule has 1 aromatic carbocycles. The molecule has 0 amide bonds. The van der Waals surface area contributed by atoms with E-state index in [-0.39, 0.29) is 17.9 Å². The van der Waals surface area contributed by atoms with Crippen molar-refractivity contribution < 1.29 is 18.4 Å². The lowest BCUT2D eigenvalue weighted by atomic mass is 10.2. The SMILES string of the molecule is O=Cc1ccc(OCc2ncon2)c(F)c1. The zero-order valence-electron chi connectivity index (χ0n) is 8.09. The number of halogens is 1. The van der Waals surface area contributed by atoms with Gasteiger partial charge in [-0.25, -0.2) is 4.39 Å². The topological polar surface area (TPSA) is 65.2 Å². The van der Waals surface area contributed by atoms with Gasteiger partial charge in [0.1, 0.15) is 6.29 Å². The van der Waals surface area contributed by atoms with E-state index in [1.807, 2.05) is 0 Å². The van der Waals surface area contributed by atoms with Crippen molar-refractivity contribution in [3.8, 4) is 5.75 Å². The van der Waals surface area contributed by atoms with Crippen LogP contribution in [0.5, 0.6) is 5.75 Å². The van der Waals surface area contributed by atoms with Gasteiger partial charge in [0, 0.05) is 5.56 Å². The Morgan fingerprint density at radius 3 is 3.00 bits per heavy atom. The van der Waals surface area contributed by atoms with Gasteiger partial charge in [0.25, 0.3) is 0 Å². The van der Waals surface area contributed by atoms with Crippen LogP contribution in [0.2, 0.25) is 0 Å². The second kappa shape index (κ2) is 4.52. The standard InChI is InChI=1S/C10H7FN2O3/c11-8-3-7(4-14)1-2-9(8)15-5-10-12-6-16-13-10/h1-4,6H,5H2. The highest BCUT2D eigenvalue weighted by molar-refractivity contribution is 5.74. The van der Waals surface area contributed by atoms with Crippen molar-refractivity contribution in [3.63, 3.8) is 0 Å². The van der Waals surface area contributed by atoms with Gasteiger partial charge in [-0.1, -0.05) is 5.16 Å². The number of aromatic nitrogens is 2. The number of hydrogen-bond donors (Lipinski definition) is 0. The van der Waals surface area contributed by atoms with Crippen LogP contribution in [-0.4, -0.2) is 16.4 Å². The number of aldehydes is 1. The molecule has 0 bridgehead atoms. The Hall–Kier alpha value is -2.24. The summed E-state index contributed by atoms with van der Waals surface area (Å²) in [5.74, 6) is -0.248. The Morgan fingerprint density at radius 1 is 1.50 bits per heavy atom. The summed E-state index contributed by atoms with van der Waals surface area (Å²) in [6, 6.07) is 3.93. The van der Waals surface area contributed by atoms with Crippen molar-refractivity contribution in [1.29, 1.82) is 0 Å². The zero-order chi connectivity index (χ0) is 11.4. The summed E-state index contributed by atoms with van der Waals surface area (Å²) in [7, 11) is 0. The van der Waals surface area contributed by atoms with E-state index in [4.69, 9.17) is 4.74 Å². The molecule has 16 heavy (non-hydrogen) atoms. The normalized spacial score (nSPS) is 10.1. The highest BCUT2D eigenvalue weighted by Crippen LogP contribution is 2.18. The average Bonchev–Trinajstić information content (AvgIpc) is 2.80. The van der Waals surface area contributed by atoms with Gasteiger partial charge in [-0.2, -0.15) is 4.98 Å². The Kier molecular flexibility index (Phi) is 2.90. The first-order valence-electron chi connectivity index (χ1n) is 4.42. The van der Waals surface area contributed by atoms with Crippen molar-refractivity contribution >= 4 is 6.29 Å². The molecule has 0 saturated heterocycles. The number of carbonyl (C=O) groups is 1. The van der Waals surface area contributed by atoms with Crippen LogP contribution < -0.4 is 4.74 Å². The van der Waals surface area contributed by atoms with E-state index >= 15 is 0 Å². The maximum absolute atomic E-state index is 13.3. The number of ether oxygens (including phenoxy) is 1. The summed E-state index contributed by atoms with van der Waals surface area (Å²) < 4.78 is 22.9. The third-order valence-electron chi connectivity index (χ3n) is 1.86. The van der Waals surface area contributed by atoms with Gasteiger partial charge in [0.15, 0.2) is 18.2 Å². The highest BCUT2D eigenvalue weighted by Gasteiger charge is 2.06. The van der Waals surface area contributed by atoms with Crippen LogP contribution >= 0.6 is 0 Å². The van der Waals surface area contributed by atoms with Crippen molar-refractivity contribution in [2.24, 2.45) is 0 Å². The van der Waals surface area contributed by atoms with Crippen molar-refractivity contribution in [1.82, 2.24) is 10.1 Å². The minimum Gasteiger partial charge on any atom is -0.482 e. The van der Waals surface area contributed by atoms with Gasteiger partial charge in [0.2, 0.25) is 12.2 Å². The monoisotopic (exact) mass is 222 g/mol. The summed E-state index contributed by atoms with van der Waals surface area (Å²) in [5, 5.41) is 3.50. The second-order valence-electron chi connectivity index (χ2n) is 2.94. The molecule has 0 unspecified atom stereocenters. The minimum absolute atomic E-state index is 0.00779. The average molecular weight is 222 g/mol. The molecule has 82 valence electrons. The van der Waals surface area contributed by atoms with Gasteiger partial charge < -0.3 is 9.26 Å². The van der Waals surface area contributed by atoms with Crippen LogP contribution in [0, 0.1) is 5.82 Å². The molecule has 0 atom stereocenters. The largest absolute Gasteiger partial charge is 0.482 e. The molecular formula is C10H7FN2O3. The molecule has 6 heteroatoms. The van der Waals surface area contributed by atoms with Crippen molar-refractivity contribution in [2.45, 2.75) is 6.61 Å². The van der Waals surface area contributed by atoms with E-state index in [9.17, 15) is 9.18 Å². The summed E-state index contributed by atoms with van der Waals surface area (Å²) in [5.41, 5.74) is 0.254. The lowest BCUT2D eigenvalue weighted by Crippen LogP contribution is -1.99. The van der Waals surface area contributed by atoms with E-state index in [2.05, 4.69) is 14.7 Å². The molecule has 2 aromatic rings. The maximum atomic E-state index is 13.3. The fourth-order valence-electron chi connectivity index (χ4n) is 1.11. The Balaban J connectivity index is 2.07. The van der Waals surface area contributed by atoms with Gasteiger partial charge in [-0.15, -0.1) is 0 Å². The number of rotatable bonds is 4. The van der Waals surface area contributed by atoms with Crippen LogP contribution in [-0.2, 0) is 6.61 Å². The first-order valence-corrected chi connectivity index (χ1v) is 4.42. The smallest absolute Gasteiger partial charge is 0.213 e. The third kappa shape index (κ3) is 2.22. The molecule has 0 radical (unpaired) electrons. The molecular weight excluding hydrogens is 215 g/mol. The predicted molar refractivity (Wildman–Crippen MR) is 50.4 cm³/mol. The quantitative estimate of drug-likeness (QED) is 0.735. The van der Waals surface area contributed by atoms with Gasteiger partial charge in [0.05, 0.1) is 0 Å². The molecule has 1 heterocycles. The Morgan fingerprint density at radius 2 is 2.38 bits per heavy atom. The van der Waals surface area contributed by atoms with Crippen LogP contribution in [0.1, 0.15) is 16.2 Å². The molecule has 2 rings (SSSR count). The van der Waals surface area contributed by atoms with Crippen LogP contribution in [0.3, 0.4) is 0 Å². The van der Waals surface area contributed by atoms with E-state index in [1.165, 1.54) is 12.1 Å². The lowest BCUT2D eigenvalue weighted by molar-refractivity contribution is 0.112. The number of benzene rings is 1. The Bertz CT molecular complexity index is 485. The molecule has 0 aliphatic heterocycles. The summed E-state index contributed by atoms with van der Waals surface area (Å²) in [6.07, 6.45) is 1.72. The highest BCUT2D eigenvalue weighted by atomic mass is 19.1. The molecule has 0 aliphatic carbocycles. The number of carbonyl (C=O) groups excluding carboxylic acids is 1. The minimum atomic E-state index is -0.604.